The summed E-state index contributed by atoms with van der Waals surface area (Å²) in [6, 6.07) is 0. The Morgan fingerprint density at radius 2 is 1.08 bits per heavy atom. The van der Waals surface area contributed by atoms with Gasteiger partial charge in [0.1, 0.15) is 6.61 Å². The van der Waals surface area contributed by atoms with Gasteiger partial charge < -0.3 is 20.1 Å². The van der Waals surface area contributed by atoms with E-state index in [2.05, 4.69) is 50.3 Å². The number of carbonyl (C=O) groups excluding carboxylic acids is 2. The van der Waals surface area contributed by atoms with Crippen LogP contribution >= 0.6 is 7.82 Å². The van der Waals surface area contributed by atoms with Crippen LogP contribution in [0.5, 0.6) is 0 Å². The number of allylic oxidation sites excluding steroid dienone is 8. The Kier molecular flexibility index (Phi) is 36.2. The lowest BCUT2D eigenvalue weighted by molar-refractivity contribution is -0.161. The van der Waals surface area contributed by atoms with Gasteiger partial charge in [0.15, 0.2) is 6.10 Å². The van der Waals surface area contributed by atoms with Gasteiger partial charge in [-0.1, -0.05) is 165 Å². The first-order valence-corrected chi connectivity index (χ1v) is 21.6. The molecule has 0 rings (SSSR count). The molecule has 9 nitrogen and oxygen atoms in total. The molecular formula is C41H74NO8P. The zero-order valence-electron chi connectivity index (χ0n) is 32.3. The third kappa shape index (κ3) is 37.5. The SMILES string of the molecule is CC/C=C\C/C=C\C/C=C\C/C=C\CCC(=O)OC(COC(=O)CCCCCCCCCCCCCCCCCCC)COP(=O)(O)OCCN. The monoisotopic (exact) mass is 740 g/mol. The van der Waals surface area contributed by atoms with E-state index in [1.54, 1.807) is 0 Å². The largest absolute Gasteiger partial charge is 0.472 e. The second-order valence-corrected chi connectivity index (χ2v) is 14.6. The number of esters is 2. The van der Waals surface area contributed by atoms with Crippen LogP contribution in [-0.2, 0) is 32.7 Å². The normalized spacial score (nSPS) is 13.9. The van der Waals surface area contributed by atoms with Crippen molar-refractivity contribution in [3.8, 4) is 0 Å². The number of carbonyl (C=O) groups is 2. The maximum Gasteiger partial charge on any atom is 0.472 e. The van der Waals surface area contributed by atoms with Crippen molar-refractivity contribution in [1.29, 1.82) is 0 Å². The van der Waals surface area contributed by atoms with Crippen LogP contribution in [-0.4, -0.2) is 49.3 Å². The van der Waals surface area contributed by atoms with Gasteiger partial charge in [-0.15, -0.1) is 0 Å². The highest BCUT2D eigenvalue weighted by Crippen LogP contribution is 2.43. The molecule has 0 aromatic rings. The van der Waals surface area contributed by atoms with Gasteiger partial charge in [0, 0.05) is 19.4 Å². The predicted molar refractivity (Wildman–Crippen MR) is 210 cm³/mol. The van der Waals surface area contributed by atoms with Crippen molar-refractivity contribution in [3.05, 3.63) is 48.6 Å². The number of ether oxygens (including phenoxy) is 2. The summed E-state index contributed by atoms with van der Waals surface area (Å²) in [5, 5.41) is 0. The fourth-order valence-corrected chi connectivity index (χ4v) is 6.06. The van der Waals surface area contributed by atoms with Crippen LogP contribution in [0.4, 0.5) is 0 Å². The van der Waals surface area contributed by atoms with Gasteiger partial charge in [-0.05, 0) is 38.5 Å². The van der Waals surface area contributed by atoms with Gasteiger partial charge in [-0.2, -0.15) is 0 Å². The number of nitrogens with two attached hydrogens (primary N) is 1. The lowest BCUT2D eigenvalue weighted by Gasteiger charge is -2.19. The average Bonchev–Trinajstić information content (AvgIpc) is 3.11. The van der Waals surface area contributed by atoms with Crippen molar-refractivity contribution in [3.63, 3.8) is 0 Å². The average molecular weight is 740 g/mol. The minimum absolute atomic E-state index is 0.0423. The molecule has 0 aromatic heterocycles. The Morgan fingerprint density at radius 1 is 0.608 bits per heavy atom. The van der Waals surface area contributed by atoms with E-state index in [0.717, 1.165) is 44.9 Å². The molecule has 51 heavy (non-hydrogen) atoms. The molecule has 0 spiro atoms. The van der Waals surface area contributed by atoms with Gasteiger partial charge >= 0.3 is 19.8 Å². The van der Waals surface area contributed by atoms with Gasteiger partial charge in [0.2, 0.25) is 0 Å². The lowest BCUT2D eigenvalue weighted by Crippen LogP contribution is -2.29. The minimum Gasteiger partial charge on any atom is -0.462 e. The number of hydrogen-bond donors (Lipinski definition) is 2. The molecule has 0 aliphatic rings. The molecule has 0 aliphatic heterocycles. The molecule has 2 atom stereocenters. The van der Waals surface area contributed by atoms with Crippen LogP contribution in [0.1, 0.15) is 168 Å². The van der Waals surface area contributed by atoms with Crippen molar-refractivity contribution in [2.45, 2.75) is 174 Å². The highest BCUT2D eigenvalue weighted by atomic mass is 31.2. The number of rotatable bonds is 37. The van der Waals surface area contributed by atoms with Crippen molar-refractivity contribution < 1.29 is 37.6 Å². The van der Waals surface area contributed by atoms with Crippen molar-refractivity contribution in [2.75, 3.05) is 26.4 Å². The molecular weight excluding hydrogens is 665 g/mol. The molecule has 0 saturated heterocycles. The number of hydrogen-bond acceptors (Lipinski definition) is 8. The van der Waals surface area contributed by atoms with E-state index in [1.165, 1.54) is 89.9 Å². The number of unbranched alkanes of at least 4 members (excludes halogenated alkanes) is 16. The zero-order valence-corrected chi connectivity index (χ0v) is 33.2. The summed E-state index contributed by atoms with van der Waals surface area (Å²) in [4.78, 5) is 34.7. The second-order valence-electron chi connectivity index (χ2n) is 13.1. The zero-order chi connectivity index (χ0) is 37.5. The second kappa shape index (κ2) is 37.7. The molecule has 0 heterocycles. The Hall–Kier alpha value is -2.03. The van der Waals surface area contributed by atoms with Crippen LogP contribution in [0.15, 0.2) is 48.6 Å². The standard InChI is InChI=1S/C41H74NO8P/c1-3-5-7-9-11-13-15-17-18-19-20-22-23-25-27-29-31-33-40(43)47-37-39(38-49-51(45,46)48-36-35-42)50-41(44)34-32-30-28-26-24-21-16-14-12-10-8-6-4-2/h6,8,12,14,21,24,28,30,39H,3-5,7,9-11,13,15-20,22-23,25-27,29,31-38,42H2,1-2H3,(H,45,46)/b8-6-,14-12-,24-21-,30-28-. The first-order valence-electron chi connectivity index (χ1n) is 20.1. The fourth-order valence-electron chi connectivity index (χ4n) is 5.29. The maximum absolute atomic E-state index is 12.5. The summed E-state index contributed by atoms with van der Waals surface area (Å²) < 4.78 is 32.6. The van der Waals surface area contributed by atoms with E-state index >= 15 is 0 Å². The Bertz CT molecular complexity index is 981. The fraction of sp³-hybridized carbons (Fsp3) is 0.756. The molecule has 2 unspecified atom stereocenters. The predicted octanol–water partition coefficient (Wildman–Crippen LogP) is 11.2. The Morgan fingerprint density at radius 3 is 1.57 bits per heavy atom. The van der Waals surface area contributed by atoms with E-state index in [1.807, 2.05) is 12.2 Å². The number of phosphoric acid groups is 1. The third-order valence-electron chi connectivity index (χ3n) is 8.24. The first kappa shape index (κ1) is 49.0. The topological polar surface area (TPSA) is 134 Å². The van der Waals surface area contributed by atoms with Crippen LogP contribution < -0.4 is 5.73 Å². The van der Waals surface area contributed by atoms with E-state index in [-0.39, 0.29) is 32.6 Å². The highest BCUT2D eigenvalue weighted by Gasteiger charge is 2.25. The summed E-state index contributed by atoms with van der Waals surface area (Å²) in [5.41, 5.74) is 5.33. The molecule has 0 radical (unpaired) electrons. The van der Waals surface area contributed by atoms with Gasteiger partial charge in [-0.3, -0.25) is 18.6 Å². The van der Waals surface area contributed by atoms with Gasteiger partial charge in [0.25, 0.3) is 0 Å². The molecule has 0 aliphatic carbocycles. The summed E-state index contributed by atoms with van der Waals surface area (Å²) in [6.45, 7) is 3.53. The lowest BCUT2D eigenvalue weighted by atomic mass is 10.0. The number of phosphoric ester groups is 1. The Labute approximate surface area is 311 Å². The summed E-state index contributed by atoms with van der Waals surface area (Å²) in [5.74, 6) is -0.922. The minimum atomic E-state index is -4.39. The van der Waals surface area contributed by atoms with Gasteiger partial charge in [-0.25, -0.2) is 4.57 Å². The summed E-state index contributed by atoms with van der Waals surface area (Å²) >= 11 is 0. The third-order valence-corrected chi connectivity index (χ3v) is 9.23. The van der Waals surface area contributed by atoms with E-state index in [0.29, 0.717) is 6.42 Å². The summed E-state index contributed by atoms with van der Waals surface area (Å²) in [7, 11) is -4.39. The first-order chi connectivity index (χ1) is 24.8. The summed E-state index contributed by atoms with van der Waals surface area (Å²) in [6.07, 6.45) is 41.6. The van der Waals surface area contributed by atoms with E-state index < -0.39 is 32.5 Å². The highest BCUT2D eigenvalue weighted by molar-refractivity contribution is 7.47. The molecule has 296 valence electrons. The molecule has 10 heteroatoms. The molecule has 0 bridgehead atoms. The molecule has 0 aromatic carbocycles. The van der Waals surface area contributed by atoms with Crippen LogP contribution in [0.2, 0.25) is 0 Å². The Balaban J connectivity index is 4.24. The molecule has 3 N–H and O–H groups in total. The van der Waals surface area contributed by atoms with Crippen molar-refractivity contribution >= 4 is 19.8 Å². The van der Waals surface area contributed by atoms with Crippen LogP contribution in [0.3, 0.4) is 0 Å². The van der Waals surface area contributed by atoms with Gasteiger partial charge in [0.05, 0.1) is 13.2 Å². The quantitative estimate of drug-likeness (QED) is 0.0276. The maximum atomic E-state index is 12.5. The van der Waals surface area contributed by atoms with E-state index in [9.17, 15) is 19.0 Å². The van der Waals surface area contributed by atoms with Crippen molar-refractivity contribution in [1.82, 2.24) is 0 Å². The smallest absolute Gasteiger partial charge is 0.462 e. The van der Waals surface area contributed by atoms with Crippen LogP contribution in [0.25, 0.3) is 0 Å². The molecule has 0 amide bonds. The molecule has 0 fully saturated rings. The van der Waals surface area contributed by atoms with E-state index in [4.69, 9.17) is 24.3 Å². The van der Waals surface area contributed by atoms with Crippen LogP contribution in [0, 0.1) is 0 Å². The molecule has 0 saturated carbocycles. The van der Waals surface area contributed by atoms with Crippen molar-refractivity contribution in [2.24, 2.45) is 5.73 Å².